The SMILES string of the molecule is Cc1cccc(N2CCN(c3ncnc4c3cnn4-c3ccccc3)CC2)c1C. The molecule has 2 aromatic carbocycles. The van der Waals surface area contributed by atoms with Crippen LogP contribution in [0, 0.1) is 13.8 Å². The Morgan fingerprint density at radius 2 is 1.55 bits per heavy atom. The van der Waals surface area contributed by atoms with Gasteiger partial charge in [0.1, 0.15) is 12.1 Å². The molecule has 1 saturated heterocycles. The average Bonchev–Trinajstić information content (AvgIpc) is 3.21. The maximum Gasteiger partial charge on any atom is 0.168 e. The van der Waals surface area contributed by atoms with E-state index in [0.717, 1.165) is 48.7 Å². The molecule has 6 heteroatoms. The summed E-state index contributed by atoms with van der Waals surface area (Å²) in [5.41, 5.74) is 5.91. The van der Waals surface area contributed by atoms with E-state index in [4.69, 9.17) is 0 Å². The van der Waals surface area contributed by atoms with Gasteiger partial charge in [-0.15, -0.1) is 0 Å². The number of anilines is 2. The lowest BCUT2D eigenvalue weighted by atomic mass is 10.1. The highest BCUT2D eigenvalue weighted by Crippen LogP contribution is 2.28. The zero-order valence-electron chi connectivity index (χ0n) is 16.8. The first-order chi connectivity index (χ1) is 14.2. The fourth-order valence-corrected chi connectivity index (χ4v) is 4.08. The first-order valence-electron chi connectivity index (χ1n) is 10.0. The van der Waals surface area contributed by atoms with E-state index in [1.54, 1.807) is 6.33 Å². The van der Waals surface area contributed by atoms with Crippen LogP contribution < -0.4 is 9.80 Å². The smallest absolute Gasteiger partial charge is 0.168 e. The lowest BCUT2D eigenvalue weighted by molar-refractivity contribution is 0.647. The molecule has 0 atom stereocenters. The molecule has 4 aromatic rings. The summed E-state index contributed by atoms with van der Waals surface area (Å²) >= 11 is 0. The van der Waals surface area contributed by atoms with Gasteiger partial charge in [-0.2, -0.15) is 5.10 Å². The Bertz CT molecular complexity index is 1140. The lowest BCUT2D eigenvalue weighted by Gasteiger charge is -2.37. The molecule has 1 aliphatic rings. The minimum atomic E-state index is 0.846. The third kappa shape index (κ3) is 3.10. The number of hydrogen-bond donors (Lipinski definition) is 0. The Morgan fingerprint density at radius 3 is 2.34 bits per heavy atom. The van der Waals surface area contributed by atoms with Gasteiger partial charge < -0.3 is 9.80 Å². The van der Waals surface area contributed by atoms with E-state index < -0.39 is 0 Å². The highest BCUT2D eigenvalue weighted by molar-refractivity contribution is 5.87. The standard InChI is InChI=1S/C23H24N6/c1-17-7-6-10-21(18(17)2)27-11-13-28(14-12-27)22-20-15-26-29(23(20)25-16-24-22)19-8-4-3-5-9-19/h3-10,15-16H,11-14H2,1-2H3. The minimum absolute atomic E-state index is 0.846. The Kier molecular flexibility index (Phi) is 4.39. The lowest BCUT2D eigenvalue weighted by Crippen LogP contribution is -2.47. The second-order valence-electron chi connectivity index (χ2n) is 7.52. The largest absolute Gasteiger partial charge is 0.368 e. The number of fused-ring (bicyclic) bond motifs is 1. The molecule has 29 heavy (non-hydrogen) atoms. The van der Waals surface area contributed by atoms with Crippen molar-refractivity contribution in [3.05, 3.63) is 72.2 Å². The molecule has 2 aromatic heterocycles. The molecule has 0 radical (unpaired) electrons. The van der Waals surface area contributed by atoms with Gasteiger partial charge in [-0.05, 0) is 43.2 Å². The van der Waals surface area contributed by atoms with Crippen LogP contribution in [0.2, 0.25) is 0 Å². The highest BCUT2D eigenvalue weighted by atomic mass is 15.3. The maximum absolute atomic E-state index is 4.61. The van der Waals surface area contributed by atoms with Gasteiger partial charge in [0, 0.05) is 31.9 Å². The Hall–Kier alpha value is -3.41. The topological polar surface area (TPSA) is 50.1 Å². The zero-order chi connectivity index (χ0) is 19.8. The van der Waals surface area contributed by atoms with Crippen molar-refractivity contribution in [1.29, 1.82) is 0 Å². The van der Waals surface area contributed by atoms with Gasteiger partial charge in [-0.3, -0.25) is 0 Å². The molecule has 3 heterocycles. The molecular weight excluding hydrogens is 360 g/mol. The van der Waals surface area contributed by atoms with Crippen LogP contribution in [0.3, 0.4) is 0 Å². The van der Waals surface area contributed by atoms with E-state index in [1.165, 1.54) is 16.8 Å². The van der Waals surface area contributed by atoms with E-state index in [-0.39, 0.29) is 0 Å². The maximum atomic E-state index is 4.61. The highest BCUT2D eigenvalue weighted by Gasteiger charge is 2.22. The molecule has 0 spiro atoms. The monoisotopic (exact) mass is 384 g/mol. The second-order valence-corrected chi connectivity index (χ2v) is 7.52. The summed E-state index contributed by atoms with van der Waals surface area (Å²) < 4.78 is 1.88. The number of nitrogens with zero attached hydrogens (tertiary/aromatic N) is 6. The summed E-state index contributed by atoms with van der Waals surface area (Å²) in [5.74, 6) is 0.970. The number of para-hydroxylation sites is 1. The van der Waals surface area contributed by atoms with Crippen LogP contribution in [0.25, 0.3) is 16.7 Å². The summed E-state index contributed by atoms with van der Waals surface area (Å²) in [6, 6.07) is 16.7. The van der Waals surface area contributed by atoms with Gasteiger partial charge in [0.25, 0.3) is 0 Å². The third-order valence-electron chi connectivity index (χ3n) is 5.84. The van der Waals surface area contributed by atoms with Crippen molar-refractivity contribution in [2.24, 2.45) is 0 Å². The molecule has 0 amide bonds. The van der Waals surface area contributed by atoms with E-state index in [2.05, 4.69) is 56.9 Å². The van der Waals surface area contributed by atoms with Crippen molar-refractivity contribution >= 4 is 22.5 Å². The minimum Gasteiger partial charge on any atom is -0.368 e. The zero-order valence-corrected chi connectivity index (χ0v) is 16.8. The van der Waals surface area contributed by atoms with Crippen LogP contribution in [-0.4, -0.2) is 45.9 Å². The average molecular weight is 384 g/mol. The second kappa shape index (κ2) is 7.20. The van der Waals surface area contributed by atoms with Crippen molar-refractivity contribution in [3.63, 3.8) is 0 Å². The molecule has 0 unspecified atom stereocenters. The van der Waals surface area contributed by atoms with Crippen molar-refractivity contribution < 1.29 is 0 Å². The first kappa shape index (κ1) is 17.7. The number of aromatic nitrogens is 4. The van der Waals surface area contributed by atoms with E-state index >= 15 is 0 Å². The fraction of sp³-hybridized carbons (Fsp3) is 0.261. The van der Waals surface area contributed by atoms with Crippen LogP contribution >= 0.6 is 0 Å². The van der Waals surface area contributed by atoms with Crippen molar-refractivity contribution in [1.82, 2.24) is 19.7 Å². The summed E-state index contributed by atoms with van der Waals surface area (Å²) in [6.45, 7) is 8.19. The Morgan fingerprint density at radius 1 is 0.793 bits per heavy atom. The van der Waals surface area contributed by atoms with Crippen molar-refractivity contribution in [3.8, 4) is 5.69 Å². The summed E-state index contributed by atoms with van der Waals surface area (Å²) in [4.78, 5) is 13.9. The van der Waals surface area contributed by atoms with Gasteiger partial charge in [-0.1, -0.05) is 30.3 Å². The molecule has 6 nitrogen and oxygen atoms in total. The Balaban J connectivity index is 1.41. The molecule has 0 N–H and O–H groups in total. The van der Waals surface area contributed by atoms with Crippen molar-refractivity contribution in [2.45, 2.75) is 13.8 Å². The molecule has 1 fully saturated rings. The number of benzene rings is 2. The van der Waals surface area contributed by atoms with Gasteiger partial charge in [0.15, 0.2) is 5.65 Å². The molecule has 0 bridgehead atoms. The van der Waals surface area contributed by atoms with Crippen LogP contribution in [-0.2, 0) is 0 Å². The van der Waals surface area contributed by atoms with Gasteiger partial charge >= 0.3 is 0 Å². The molecule has 5 rings (SSSR count). The number of piperazine rings is 1. The third-order valence-corrected chi connectivity index (χ3v) is 5.84. The Labute approximate surface area is 170 Å². The molecule has 0 aliphatic carbocycles. The van der Waals surface area contributed by atoms with Crippen LogP contribution in [0.4, 0.5) is 11.5 Å². The van der Waals surface area contributed by atoms with Crippen LogP contribution in [0.15, 0.2) is 61.1 Å². The summed E-state index contributed by atoms with van der Waals surface area (Å²) in [5, 5.41) is 5.58. The first-order valence-corrected chi connectivity index (χ1v) is 10.0. The predicted octanol–water partition coefficient (Wildman–Crippen LogP) is 3.76. The summed E-state index contributed by atoms with van der Waals surface area (Å²) in [6.07, 6.45) is 3.53. The predicted molar refractivity (Wildman–Crippen MR) is 117 cm³/mol. The van der Waals surface area contributed by atoms with Gasteiger partial charge in [0.05, 0.1) is 17.3 Å². The van der Waals surface area contributed by atoms with Crippen LogP contribution in [0.1, 0.15) is 11.1 Å². The van der Waals surface area contributed by atoms with Gasteiger partial charge in [-0.25, -0.2) is 14.6 Å². The van der Waals surface area contributed by atoms with E-state index in [1.807, 2.05) is 41.2 Å². The van der Waals surface area contributed by atoms with Gasteiger partial charge in [0.2, 0.25) is 0 Å². The number of hydrogen-bond acceptors (Lipinski definition) is 5. The van der Waals surface area contributed by atoms with Crippen LogP contribution in [0.5, 0.6) is 0 Å². The fourth-order valence-electron chi connectivity index (χ4n) is 4.08. The number of rotatable bonds is 3. The number of aryl methyl sites for hydroxylation is 1. The van der Waals surface area contributed by atoms with Crippen molar-refractivity contribution in [2.75, 3.05) is 36.0 Å². The van der Waals surface area contributed by atoms with E-state index in [9.17, 15) is 0 Å². The molecule has 146 valence electrons. The molecular formula is C23H24N6. The normalized spacial score (nSPS) is 14.6. The van der Waals surface area contributed by atoms with E-state index in [0.29, 0.717) is 0 Å². The molecule has 1 aliphatic heterocycles. The summed E-state index contributed by atoms with van der Waals surface area (Å²) in [7, 11) is 0. The molecule has 0 saturated carbocycles. The quantitative estimate of drug-likeness (QED) is 0.538.